The maximum Gasteiger partial charge on any atom is 0.277 e. The van der Waals surface area contributed by atoms with Gasteiger partial charge in [-0.3, -0.25) is 14.5 Å². The quantitative estimate of drug-likeness (QED) is 0.631. The van der Waals surface area contributed by atoms with Crippen molar-refractivity contribution in [1.82, 2.24) is 9.80 Å². The lowest BCUT2D eigenvalue weighted by atomic mass is 9.97. The Labute approximate surface area is 194 Å². The van der Waals surface area contributed by atoms with Gasteiger partial charge in [-0.1, -0.05) is 47.5 Å². The number of halogens is 1. The van der Waals surface area contributed by atoms with Gasteiger partial charge in [0.25, 0.3) is 11.8 Å². The second kappa shape index (κ2) is 9.08. The Kier molecular flexibility index (Phi) is 6.40. The first-order chi connectivity index (χ1) is 15.2. The predicted octanol–water partition coefficient (Wildman–Crippen LogP) is 4.39. The van der Waals surface area contributed by atoms with Crippen molar-refractivity contribution >= 4 is 29.0 Å². The van der Waals surface area contributed by atoms with Crippen molar-refractivity contribution in [1.29, 1.82) is 0 Å². The molecule has 0 N–H and O–H groups in total. The molecule has 0 spiro atoms. The van der Waals surface area contributed by atoms with E-state index in [1.165, 1.54) is 4.90 Å². The molecule has 2 aromatic carbocycles. The summed E-state index contributed by atoms with van der Waals surface area (Å²) >= 11 is 5.99. The molecule has 1 saturated heterocycles. The molecular weight excluding hydrogens is 424 g/mol. The normalized spacial score (nSPS) is 21.7. The zero-order chi connectivity index (χ0) is 23.0. The minimum Gasteiger partial charge on any atom is -0.372 e. The molecule has 6 heteroatoms. The highest BCUT2D eigenvalue weighted by Crippen LogP contribution is 2.35. The van der Waals surface area contributed by atoms with E-state index in [2.05, 4.69) is 6.07 Å². The molecule has 168 valence electrons. The maximum atomic E-state index is 13.6. The van der Waals surface area contributed by atoms with E-state index in [0.29, 0.717) is 42.3 Å². The molecule has 5 nitrogen and oxygen atoms in total. The Bertz CT molecular complexity index is 1070. The molecular formula is C26H29ClN2O3. The van der Waals surface area contributed by atoms with Crippen molar-refractivity contribution in [2.24, 2.45) is 0 Å². The third-order valence-corrected chi connectivity index (χ3v) is 6.32. The Morgan fingerprint density at radius 3 is 2.25 bits per heavy atom. The second-order valence-corrected chi connectivity index (χ2v) is 9.28. The summed E-state index contributed by atoms with van der Waals surface area (Å²) in [5.74, 6) is -0.446. The molecule has 2 heterocycles. The van der Waals surface area contributed by atoms with Crippen molar-refractivity contribution in [3.8, 4) is 0 Å². The lowest BCUT2D eigenvalue weighted by molar-refractivity contribution is -0.138. The van der Waals surface area contributed by atoms with E-state index in [1.807, 2.05) is 69.0 Å². The molecule has 2 atom stereocenters. The number of rotatable bonds is 5. The number of morpholine rings is 1. The van der Waals surface area contributed by atoms with E-state index in [4.69, 9.17) is 16.3 Å². The minimum atomic E-state index is -0.224. The Hall–Kier alpha value is -2.63. The molecule has 2 unspecified atom stereocenters. The largest absolute Gasteiger partial charge is 0.372 e. The standard InChI is InChI=1S/C26H29ClN2O3/c1-16-5-10-22(17(2)13-16)23-24(28-14-18(3)32-19(4)15-28)26(31)29(25(23)30)12-11-20-6-8-21(27)9-7-20/h5-10,13,18-19H,11-12,14-15H2,1-4H3. The van der Waals surface area contributed by atoms with Gasteiger partial charge in [0, 0.05) is 24.7 Å². The van der Waals surface area contributed by atoms with Crippen LogP contribution in [0.5, 0.6) is 0 Å². The highest BCUT2D eigenvalue weighted by molar-refractivity contribution is 6.35. The fourth-order valence-electron chi connectivity index (χ4n) is 4.65. The SMILES string of the molecule is Cc1ccc(C2=C(N3CC(C)OC(C)C3)C(=O)N(CCc3ccc(Cl)cc3)C2=O)c(C)c1. The summed E-state index contributed by atoms with van der Waals surface area (Å²) in [4.78, 5) is 30.7. The molecule has 0 saturated carbocycles. The molecule has 2 amide bonds. The molecule has 0 aliphatic carbocycles. The number of aryl methyl sites for hydroxylation is 2. The number of amides is 2. The van der Waals surface area contributed by atoms with Crippen LogP contribution in [-0.2, 0) is 20.7 Å². The fourth-order valence-corrected chi connectivity index (χ4v) is 4.78. The van der Waals surface area contributed by atoms with E-state index in [1.54, 1.807) is 0 Å². The lowest BCUT2D eigenvalue weighted by Gasteiger charge is -2.37. The molecule has 0 aromatic heterocycles. The maximum absolute atomic E-state index is 13.6. The van der Waals surface area contributed by atoms with Crippen molar-refractivity contribution in [3.63, 3.8) is 0 Å². The van der Waals surface area contributed by atoms with Crippen molar-refractivity contribution in [2.75, 3.05) is 19.6 Å². The van der Waals surface area contributed by atoms with Crippen molar-refractivity contribution in [2.45, 2.75) is 46.3 Å². The summed E-state index contributed by atoms with van der Waals surface area (Å²) in [5.41, 5.74) is 4.98. The van der Waals surface area contributed by atoms with Gasteiger partial charge in [0.2, 0.25) is 0 Å². The van der Waals surface area contributed by atoms with Crippen molar-refractivity contribution < 1.29 is 14.3 Å². The van der Waals surface area contributed by atoms with E-state index in [0.717, 1.165) is 22.3 Å². The molecule has 2 aromatic rings. The Balaban J connectivity index is 1.70. The zero-order valence-electron chi connectivity index (χ0n) is 19.0. The zero-order valence-corrected chi connectivity index (χ0v) is 19.8. The molecule has 32 heavy (non-hydrogen) atoms. The van der Waals surface area contributed by atoms with Gasteiger partial charge in [0.1, 0.15) is 5.70 Å². The van der Waals surface area contributed by atoms with Crippen LogP contribution in [0.2, 0.25) is 5.02 Å². The van der Waals surface area contributed by atoms with Crippen LogP contribution in [0.3, 0.4) is 0 Å². The molecule has 2 aliphatic rings. The van der Waals surface area contributed by atoms with E-state index < -0.39 is 0 Å². The molecule has 4 rings (SSSR count). The van der Waals surface area contributed by atoms with E-state index in [-0.39, 0.29) is 24.0 Å². The molecule has 0 bridgehead atoms. The fraction of sp³-hybridized carbons (Fsp3) is 0.385. The van der Waals surface area contributed by atoms with Gasteiger partial charge in [-0.2, -0.15) is 0 Å². The number of nitrogens with zero attached hydrogens (tertiary/aromatic N) is 2. The van der Waals surface area contributed by atoms with Gasteiger partial charge in [-0.15, -0.1) is 0 Å². The van der Waals surface area contributed by atoms with Crippen molar-refractivity contribution in [3.05, 3.63) is 75.4 Å². The van der Waals surface area contributed by atoms with Crippen LogP contribution in [0.25, 0.3) is 5.57 Å². The number of hydrogen-bond donors (Lipinski definition) is 0. The summed E-state index contributed by atoms with van der Waals surface area (Å²) in [6.07, 6.45) is 0.549. The highest BCUT2D eigenvalue weighted by atomic mass is 35.5. The monoisotopic (exact) mass is 452 g/mol. The predicted molar refractivity (Wildman–Crippen MR) is 126 cm³/mol. The average Bonchev–Trinajstić information content (AvgIpc) is 2.97. The minimum absolute atomic E-state index is 0.0161. The number of ether oxygens (including phenoxy) is 1. The van der Waals surface area contributed by atoms with Crippen LogP contribution in [0.4, 0.5) is 0 Å². The third-order valence-electron chi connectivity index (χ3n) is 6.07. The first kappa shape index (κ1) is 22.6. The Morgan fingerprint density at radius 1 is 0.969 bits per heavy atom. The summed E-state index contributed by atoms with van der Waals surface area (Å²) < 4.78 is 5.88. The molecule has 2 aliphatic heterocycles. The summed E-state index contributed by atoms with van der Waals surface area (Å²) in [7, 11) is 0. The van der Waals surface area contributed by atoms with Gasteiger partial charge in [0.05, 0.1) is 17.8 Å². The summed E-state index contributed by atoms with van der Waals surface area (Å²) in [5, 5.41) is 0.665. The van der Waals surface area contributed by atoms with Gasteiger partial charge in [0.15, 0.2) is 0 Å². The first-order valence-electron chi connectivity index (χ1n) is 11.1. The molecule has 1 fully saturated rings. The van der Waals surface area contributed by atoms with Gasteiger partial charge >= 0.3 is 0 Å². The number of imide groups is 1. The number of benzene rings is 2. The smallest absolute Gasteiger partial charge is 0.277 e. The third kappa shape index (κ3) is 4.45. The average molecular weight is 453 g/mol. The van der Waals surface area contributed by atoms with Gasteiger partial charge < -0.3 is 9.64 Å². The van der Waals surface area contributed by atoms with Crippen LogP contribution >= 0.6 is 11.6 Å². The van der Waals surface area contributed by atoms with Gasteiger partial charge in [-0.05, 0) is 62.9 Å². The second-order valence-electron chi connectivity index (χ2n) is 8.84. The number of carbonyl (C=O) groups is 2. The number of carbonyl (C=O) groups excluding carboxylic acids is 2. The van der Waals surface area contributed by atoms with Crippen LogP contribution in [0, 0.1) is 13.8 Å². The van der Waals surface area contributed by atoms with E-state index in [9.17, 15) is 9.59 Å². The van der Waals surface area contributed by atoms with Crippen LogP contribution < -0.4 is 0 Å². The first-order valence-corrected chi connectivity index (χ1v) is 11.5. The van der Waals surface area contributed by atoms with Crippen LogP contribution in [-0.4, -0.2) is 53.5 Å². The van der Waals surface area contributed by atoms with Gasteiger partial charge in [-0.25, -0.2) is 0 Å². The van der Waals surface area contributed by atoms with Crippen LogP contribution in [0.15, 0.2) is 48.2 Å². The summed E-state index contributed by atoms with van der Waals surface area (Å²) in [6, 6.07) is 13.5. The summed E-state index contributed by atoms with van der Waals surface area (Å²) in [6.45, 7) is 9.51. The van der Waals surface area contributed by atoms with Crippen LogP contribution in [0.1, 0.15) is 36.1 Å². The number of hydrogen-bond acceptors (Lipinski definition) is 4. The Morgan fingerprint density at radius 2 is 1.62 bits per heavy atom. The molecule has 0 radical (unpaired) electrons. The highest BCUT2D eigenvalue weighted by Gasteiger charge is 2.43. The topological polar surface area (TPSA) is 49.9 Å². The lowest BCUT2D eigenvalue weighted by Crippen LogP contribution is -2.47. The van der Waals surface area contributed by atoms with E-state index >= 15 is 0 Å².